The van der Waals surface area contributed by atoms with Gasteiger partial charge in [-0.1, -0.05) is 26.0 Å². The van der Waals surface area contributed by atoms with Crippen molar-refractivity contribution in [1.29, 1.82) is 0 Å². The average molecular weight is 440 g/mol. The summed E-state index contributed by atoms with van der Waals surface area (Å²) < 4.78 is 15.4. The first kappa shape index (κ1) is 22.8. The number of hydrogen-bond acceptors (Lipinski definition) is 6. The number of nitrogens with one attached hydrogen (secondary N) is 1. The first-order valence-electron chi connectivity index (χ1n) is 10.1. The van der Waals surface area contributed by atoms with E-state index in [1.54, 1.807) is 14.2 Å². The summed E-state index contributed by atoms with van der Waals surface area (Å²) in [6.45, 7) is 7.95. The largest absolute Gasteiger partial charge is 0.496 e. The molecule has 0 spiro atoms. The van der Waals surface area contributed by atoms with Gasteiger partial charge in [-0.15, -0.1) is 0 Å². The highest BCUT2D eigenvalue weighted by molar-refractivity contribution is 7.10. The molecule has 0 aliphatic carbocycles. The zero-order valence-corrected chi connectivity index (χ0v) is 19.6. The number of nitrogens with two attached hydrogens (primary N) is 1. The molecule has 3 aromatic rings. The molecule has 164 valence electrons. The molecule has 1 amide bonds. The van der Waals surface area contributed by atoms with Gasteiger partial charge in [-0.2, -0.15) is 4.37 Å². The molecule has 3 rings (SSSR count). The molecule has 0 unspecified atom stereocenters. The Morgan fingerprint density at radius 1 is 1.06 bits per heavy atom. The van der Waals surface area contributed by atoms with E-state index in [1.165, 1.54) is 11.5 Å². The van der Waals surface area contributed by atoms with Crippen molar-refractivity contribution in [2.45, 2.75) is 33.7 Å². The Bertz CT molecular complexity index is 1090. The minimum atomic E-state index is -0.602. The highest BCUT2D eigenvalue weighted by Gasteiger charge is 2.20. The van der Waals surface area contributed by atoms with Crippen molar-refractivity contribution < 1.29 is 14.3 Å². The average Bonchev–Trinajstić information content (AvgIpc) is 3.24. The molecule has 0 bridgehead atoms. The van der Waals surface area contributed by atoms with Crippen LogP contribution in [-0.4, -0.2) is 30.5 Å². The summed E-state index contributed by atoms with van der Waals surface area (Å²) in [7, 11) is 3.26. The fourth-order valence-electron chi connectivity index (χ4n) is 3.32. The Morgan fingerprint density at radius 3 is 2.42 bits per heavy atom. The molecule has 0 aliphatic heterocycles. The number of methoxy groups -OCH3 is 2. The first-order chi connectivity index (χ1) is 14.8. The van der Waals surface area contributed by atoms with Gasteiger partial charge in [0, 0.05) is 11.8 Å². The van der Waals surface area contributed by atoms with Crippen LogP contribution in [0.15, 0.2) is 36.5 Å². The highest BCUT2D eigenvalue weighted by Crippen LogP contribution is 2.40. The van der Waals surface area contributed by atoms with Crippen molar-refractivity contribution in [1.82, 2.24) is 4.37 Å². The van der Waals surface area contributed by atoms with Crippen molar-refractivity contribution >= 4 is 23.1 Å². The van der Waals surface area contributed by atoms with E-state index in [-0.39, 0.29) is 11.8 Å². The molecule has 0 saturated heterocycles. The molecule has 0 radical (unpaired) electrons. The summed E-state index contributed by atoms with van der Waals surface area (Å²) in [6, 6.07) is 9.27. The molecule has 0 aliphatic rings. The van der Waals surface area contributed by atoms with Gasteiger partial charge in [0.05, 0.1) is 30.8 Å². The van der Waals surface area contributed by atoms with Crippen LogP contribution >= 0.6 is 11.5 Å². The molecule has 6 nitrogen and oxygen atoms in total. The zero-order valence-electron chi connectivity index (χ0n) is 18.8. The second kappa shape index (κ2) is 9.49. The Balaban J connectivity index is 2.03. The number of amides is 1. The number of benzene rings is 2. The molecular formula is C24H29N3O3S. The molecule has 1 heterocycles. The predicted molar refractivity (Wildman–Crippen MR) is 127 cm³/mol. The zero-order chi connectivity index (χ0) is 22.7. The topological polar surface area (TPSA) is 86.5 Å². The Kier molecular flexibility index (Phi) is 6.97. The van der Waals surface area contributed by atoms with E-state index < -0.39 is 6.04 Å². The quantitative estimate of drug-likeness (QED) is 0.539. The summed E-state index contributed by atoms with van der Waals surface area (Å²) in [5.41, 5.74) is 11.8. The van der Waals surface area contributed by atoms with E-state index >= 15 is 0 Å². The number of aromatic nitrogens is 1. The second-order valence-electron chi connectivity index (χ2n) is 7.86. The summed E-state index contributed by atoms with van der Waals surface area (Å²) in [5.74, 6) is 1.21. The standard InChI is InChI=1S/C24H29N3O3S/c1-13(2)22(25)24(28)27-19-10-16(7-8-20(19)29-5)18-12-26-31-23(18)17-9-14(3)15(4)21(11-17)30-6/h7-13,22H,25H2,1-6H3,(H,27,28)/t22-/m1/s1. The van der Waals surface area contributed by atoms with Crippen molar-refractivity contribution in [3.8, 4) is 33.1 Å². The fourth-order valence-corrected chi connectivity index (χ4v) is 4.07. The van der Waals surface area contributed by atoms with Crippen molar-refractivity contribution in [3.05, 3.63) is 47.7 Å². The van der Waals surface area contributed by atoms with Crippen molar-refractivity contribution in [3.63, 3.8) is 0 Å². The fraction of sp³-hybridized carbons (Fsp3) is 0.333. The number of anilines is 1. The number of rotatable bonds is 7. The highest BCUT2D eigenvalue weighted by atomic mass is 32.1. The molecule has 0 fully saturated rings. The van der Waals surface area contributed by atoms with Gasteiger partial charge in [0.25, 0.3) is 0 Å². The van der Waals surface area contributed by atoms with Crippen LogP contribution in [0.2, 0.25) is 0 Å². The van der Waals surface area contributed by atoms with Crippen LogP contribution in [0.1, 0.15) is 25.0 Å². The van der Waals surface area contributed by atoms with Crippen LogP contribution in [-0.2, 0) is 4.79 Å². The lowest BCUT2D eigenvalue weighted by molar-refractivity contribution is -0.118. The molecule has 1 atom stereocenters. The molecule has 0 saturated carbocycles. The lowest BCUT2D eigenvalue weighted by Crippen LogP contribution is -2.39. The van der Waals surface area contributed by atoms with E-state index in [9.17, 15) is 4.79 Å². The number of nitrogens with zero attached hydrogens (tertiary/aromatic N) is 1. The van der Waals surface area contributed by atoms with Gasteiger partial charge in [-0.3, -0.25) is 4.79 Å². The van der Waals surface area contributed by atoms with Crippen LogP contribution < -0.4 is 20.5 Å². The smallest absolute Gasteiger partial charge is 0.241 e. The molecule has 31 heavy (non-hydrogen) atoms. The van der Waals surface area contributed by atoms with Crippen LogP contribution in [0.3, 0.4) is 0 Å². The lowest BCUT2D eigenvalue weighted by atomic mass is 9.99. The summed E-state index contributed by atoms with van der Waals surface area (Å²) >= 11 is 1.43. The number of carbonyl (C=O) groups is 1. The lowest BCUT2D eigenvalue weighted by Gasteiger charge is -2.17. The maximum Gasteiger partial charge on any atom is 0.241 e. The van der Waals surface area contributed by atoms with Gasteiger partial charge in [-0.25, -0.2) is 0 Å². The summed E-state index contributed by atoms with van der Waals surface area (Å²) in [4.78, 5) is 13.6. The van der Waals surface area contributed by atoms with Crippen LogP contribution in [0.25, 0.3) is 21.6 Å². The van der Waals surface area contributed by atoms with Crippen molar-refractivity contribution in [2.24, 2.45) is 11.7 Å². The molecular weight excluding hydrogens is 410 g/mol. The third-order valence-electron chi connectivity index (χ3n) is 5.46. The molecule has 1 aromatic heterocycles. The van der Waals surface area contributed by atoms with E-state index in [1.807, 2.05) is 51.2 Å². The maximum atomic E-state index is 12.5. The van der Waals surface area contributed by atoms with Gasteiger partial charge in [0.15, 0.2) is 0 Å². The molecule has 3 N–H and O–H groups in total. The van der Waals surface area contributed by atoms with E-state index in [0.29, 0.717) is 11.4 Å². The van der Waals surface area contributed by atoms with Crippen molar-refractivity contribution in [2.75, 3.05) is 19.5 Å². The second-order valence-corrected chi connectivity index (χ2v) is 8.66. The summed E-state index contributed by atoms with van der Waals surface area (Å²) in [6.07, 6.45) is 1.84. The monoisotopic (exact) mass is 439 g/mol. The third kappa shape index (κ3) is 4.73. The Morgan fingerprint density at radius 2 is 1.77 bits per heavy atom. The minimum Gasteiger partial charge on any atom is -0.496 e. The summed E-state index contributed by atoms with van der Waals surface area (Å²) in [5, 5.41) is 2.91. The van der Waals surface area contributed by atoms with E-state index in [0.717, 1.165) is 38.4 Å². The molecule has 7 heteroatoms. The van der Waals surface area contributed by atoms with Gasteiger partial charge in [0.2, 0.25) is 5.91 Å². The number of hydrogen-bond donors (Lipinski definition) is 2. The predicted octanol–water partition coefficient (Wildman–Crippen LogP) is 5.03. The number of aryl methyl sites for hydroxylation is 1. The first-order valence-corrected chi connectivity index (χ1v) is 10.9. The van der Waals surface area contributed by atoms with Crippen LogP contribution in [0.5, 0.6) is 11.5 Å². The van der Waals surface area contributed by atoms with Crippen LogP contribution in [0.4, 0.5) is 5.69 Å². The normalized spacial score (nSPS) is 12.0. The van der Waals surface area contributed by atoms with Gasteiger partial charge in [0.1, 0.15) is 11.5 Å². The minimum absolute atomic E-state index is 0.0293. The third-order valence-corrected chi connectivity index (χ3v) is 6.31. The SMILES string of the molecule is COc1ccc(-c2cnsc2-c2cc(C)c(C)c(OC)c2)cc1NC(=O)[C@H](N)C(C)C. The van der Waals surface area contributed by atoms with Crippen LogP contribution in [0, 0.1) is 19.8 Å². The number of ether oxygens (including phenoxy) is 2. The van der Waals surface area contributed by atoms with Gasteiger partial charge >= 0.3 is 0 Å². The Labute approximate surface area is 187 Å². The molecule has 2 aromatic carbocycles. The Hall–Kier alpha value is -2.90. The van der Waals surface area contributed by atoms with Gasteiger partial charge < -0.3 is 20.5 Å². The van der Waals surface area contributed by atoms with Gasteiger partial charge in [-0.05, 0) is 71.8 Å². The van der Waals surface area contributed by atoms with E-state index in [2.05, 4.69) is 22.7 Å². The number of carbonyl (C=O) groups excluding carboxylic acids is 1. The van der Waals surface area contributed by atoms with E-state index in [4.69, 9.17) is 15.2 Å². The maximum absolute atomic E-state index is 12.5.